The molecule has 1 aliphatic heterocycles. The van der Waals surface area contributed by atoms with Crippen LogP contribution >= 0.6 is 0 Å². The molecule has 0 bridgehead atoms. The molecule has 13 heavy (non-hydrogen) atoms. The van der Waals surface area contributed by atoms with E-state index in [0.29, 0.717) is 6.42 Å². The summed E-state index contributed by atoms with van der Waals surface area (Å²) in [7, 11) is 1.84. The van der Waals surface area contributed by atoms with Gasteiger partial charge in [0.25, 0.3) is 0 Å². The van der Waals surface area contributed by atoms with Crippen LogP contribution in [-0.2, 0) is 11.2 Å². The first-order chi connectivity index (χ1) is 6.27. The highest BCUT2D eigenvalue weighted by atomic mass is 16.2. The molecule has 1 aliphatic rings. The number of aromatic amines is 1. The van der Waals surface area contributed by atoms with Crippen LogP contribution in [0.15, 0.2) is 6.20 Å². The van der Waals surface area contributed by atoms with Gasteiger partial charge in [0.1, 0.15) is 0 Å². The molecule has 1 atom stereocenters. The quantitative estimate of drug-likeness (QED) is 0.687. The summed E-state index contributed by atoms with van der Waals surface area (Å²) in [5.74, 6) is 0.332. The molecule has 1 saturated heterocycles. The van der Waals surface area contributed by atoms with Gasteiger partial charge >= 0.3 is 0 Å². The van der Waals surface area contributed by atoms with Gasteiger partial charge in [0, 0.05) is 25.9 Å². The Balaban J connectivity index is 2.00. The Hall–Kier alpha value is -1.39. The molecule has 1 fully saturated rings. The van der Waals surface area contributed by atoms with E-state index in [1.165, 1.54) is 0 Å². The van der Waals surface area contributed by atoms with Crippen molar-refractivity contribution in [1.29, 1.82) is 0 Å². The number of H-pyrrole nitrogens is 1. The third-order valence-electron chi connectivity index (χ3n) is 2.46. The molecule has 1 unspecified atom stereocenters. The molecular formula is C8H12N4O. The summed E-state index contributed by atoms with van der Waals surface area (Å²) >= 11 is 0. The number of nitrogens with one attached hydrogen (secondary N) is 1. The Morgan fingerprint density at radius 3 is 3.15 bits per heavy atom. The number of rotatable bonds is 2. The van der Waals surface area contributed by atoms with Crippen LogP contribution in [0.3, 0.4) is 0 Å². The summed E-state index contributed by atoms with van der Waals surface area (Å²) in [6.45, 7) is 0.862. The molecule has 1 amide bonds. The number of hydrogen-bond donors (Lipinski definition) is 1. The number of hydrogen-bond acceptors (Lipinski definition) is 3. The zero-order valence-electron chi connectivity index (χ0n) is 7.53. The lowest BCUT2D eigenvalue weighted by molar-refractivity contribution is -0.129. The SMILES string of the molecule is CN1CCC(Cc2cn[nH]n2)C1=O. The summed E-state index contributed by atoms with van der Waals surface area (Å²) in [5, 5.41) is 10.2. The molecule has 0 saturated carbocycles. The second-order valence-electron chi connectivity index (χ2n) is 3.41. The van der Waals surface area contributed by atoms with Crippen molar-refractivity contribution in [2.45, 2.75) is 12.8 Å². The minimum Gasteiger partial charge on any atom is -0.345 e. The van der Waals surface area contributed by atoms with Crippen LogP contribution in [0, 0.1) is 5.92 Å². The van der Waals surface area contributed by atoms with Gasteiger partial charge in [-0.15, -0.1) is 0 Å². The lowest BCUT2D eigenvalue weighted by atomic mass is 10.0. The van der Waals surface area contributed by atoms with Crippen LogP contribution in [0.4, 0.5) is 0 Å². The third-order valence-corrected chi connectivity index (χ3v) is 2.46. The molecule has 0 radical (unpaired) electrons. The average molecular weight is 180 g/mol. The first kappa shape index (κ1) is 8.22. The van der Waals surface area contributed by atoms with Crippen molar-refractivity contribution in [3.63, 3.8) is 0 Å². The van der Waals surface area contributed by atoms with E-state index in [4.69, 9.17) is 0 Å². The van der Waals surface area contributed by atoms with Gasteiger partial charge < -0.3 is 4.90 Å². The molecular weight excluding hydrogens is 168 g/mol. The Morgan fingerprint density at radius 1 is 1.77 bits per heavy atom. The van der Waals surface area contributed by atoms with E-state index in [2.05, 4.69) is 15.4 Å². The molecule has 0 aliphatic carbocycles. The zero-order valence-corrected chi connectivity index (χ0v) is 7.53. The Morgan fingerprint density at radius 2 is 2.62 bits per heavy atom. The second-order valence-corrected chi connectivity index (χ2v) is 3.41. The van der Waals surface area contributed by atoms with Gasteiger partial charge in [0.15, 0.2) is 0 Å². The topological polar surface area (TPSA) is 61.9 Å². The smallest absolute Gasteiger partial charge is 0.225 e. The average Bonchev–Trinajstić information content (AvgIpc) is 2.71. The van der Waals surface area contributed by atoms with Crippen LogP contribution in [-0.4, -0.2) is 39.8 Å². The minimum absolute atomic E-state index is 0.107. The molecule has 0 aromatic carbocycles. The fourth-order valence-electron chi connectivity index (χ4n) is 1.66. The molecule has 1 aromatic heterocycles. The van der Waals surface area contributed by atoms with Crippen molar-refractivity contribution < 1.29 is 4.79 Å². The molecule has 2 heterocycles. The van der Waals surface area contributed by atoms with E-state index < -0.39 is 0 Å². The summed E-state index contributed by atoms with van der Waals surface area (Å²) in [6, 6.07) is 0. The molecule has 1 N–H and O–H groups in total. The maximum atomic E-state index is 11.5. The predicted molar refractivity (Wildman–Crippen MR) is 45.8 cm³/mol. The number of carbonyl (C=O) groups excluding carboxylic acids is 1. The van der Waals surface area contributed by atoms with E-state index in [1.54, 1.807) is 11.1 Å². The van der Waals surface area contributed by atoms with E-state index in [9.17, 15) is 4.79 Å². The standard InChI is InChI=1S/C8H12N4O/c1-12-3-2-6(8(12)13)4-7-5-9-11-10-7/h5-6H,2-4H2,1H3,(H,9,10,11). The monoisotopic (exact) mass is 180 g/mol. The van der Waals surface area contributed by atoms with Crippen molar-refractivity contribution in [3.8, 4) is 0 Å². The summed E-state index contributed by atoms with van der Waals surface area (Å²) < 4.78 is 0. The van der Waals surface area contributed by atoms with E-state index >= 15 is 0 Å². The third kappa shape index (κ3) is 1.54. The summed E-state index contributed by atoms with van der Waals surface area (Å²) in [5.41, 5.74) is 0.869. The summed E-state index contributed by atoms with van der Waals surface area (Å²) in [6.07, 6.45) is 3.31. The van der Waals surface area contributed by atoms with Crippen LogP contribution in [0.5, 0.6) is 0 Å². The van der Waals surface area contributed by atoms with E-state index in [0.717, 1.165) is 18.7 Å². The highest BCUT2D eigenvalue weighted by molar-refractivity contribution is 5.80. The van der Waals surface area contributed by atoms with Crippen LogP contribution < -0.4 is 0 Å². The highest BCUT2D eigenvalue weighted by Gasteiger charge is 2.29. The van der Waals surface area contributed by atoms with Crippen molar-refractivity contribution >= 4 is 5.91 Å². The normalized spacial score (nSPS) is 22.7. The number of likely N-dealkylation sites (tertiary alicyclic amines) is 1. The fourth-order valence-corrected chi connectivity index (χ4v) is 1.66. The summed E-state index contributed by atoms with van der Waals surface area (Å²) in [4.78, 5) is 13.3. The van der Waals surface area contributed by atoms with E-state index in [1.807, 2.05) is 7.05 Å². The van der Waals surface area contributed by atoms with Gasteiger partial charge in [0.2, 0.25) is 5.91 Å². The molecule has 0 spiro atoms. The van der Waals surface area contributed by atoms with Gasteiger partial charge in [-0.3, -0.25) is 4.79 Å². The Kier molecular flexibility index (Phi) is 2.00. The largest absolute Gasteiger partial charge is 0.345 e. The van der Waals surface area contributed by atoms with Crippen LogP contribution in [0.25, 0.3) is 0 Å². The minimum atomic E-state index is 0.107. The second kappa shape index (κ2) is 3.16. The van der Waals surface area contributed by atoms with Crippen LogP contribution in [0.2, 0.25) is 0 Å². The lowest BCUT2D eigenvalue weighted by Crippen LogP contribution is -2.23. The van der Waals surface area contributed by atoms with Gasteiger partial charge in [-0.25, -0.2) is 0 Å². The maximum Gasteiger partial charge on any atom is 0.225 e. The number of carbonyl (C=O) groups is 1. The van der Waals surface area contributed by atoms with Crippen molar-refractivity contribution in [1.82, 2.24) is 20.3 Å². The molecule has 1 aromatic rings. The number of nitrogens with zero attached hydrogens (tertiary/aromatic N) is 3. The van der Waals surface area contributed by atoms with Crippen molar-refractivity contribution in [2.75, 3.05) is 13.6 Å². The molecule has 70 valence electrons. The highest BCUT2D eigenvalue weighted by Crippen LogP contribution is 2.19. The van der Waals surface area contributed by atoms with Crippen LogP contribution in [0.1, 0.15) is 12.1 Å². The Bertz CT molecular complexity index is 295. The molecule has 5 nitrogen and oxygen atoms in total. The lowest BCUT2D eigenvalue weighted by Gasteiger charge is -2.08. The van der Waals surface area contributed by atoms with E-state index in [-0.39, 0.29) is 11.8 Å². The number of aromatic nitrogens is 3. The zero-order chi connectivity index (χ0) is 9.26. The van der Waals surface area contributed by atoms with Gasteiger partial charge in [-0.2, -0.15) is 15.4 Å². The number of amides is 1. The van der Waals surface area contributed by atoms with Crippen molar-refractivity contribution in [2.24, 2.45) is 5.92 Å². The maximum absolute atomic E-state index is 11.5. The van der Waals surface area contributed by atoms with Gasteiger partial charge in [0.05, 0.1) is 11.9 Å². The fraction of sp³-hybridized carbons (Fsp3) is 0.625. The molecule has 5 heteroatoms. The molecule has 2 rings (SSSR count). The first-order valence-electron chi connectivity index (χ1n) is 4.37. The Labute approximate surface area is 76.1 Å². The predicted octanol–water partition coefficient (Wildman–Crippen LogP) is -0.175. The van der Waals surface area contributed by atoms with Gasteiger partial charge in [-0.1, -0.05) is 0 Å². The first-order valence-corrected chi connectivity index (χ1v) is 4.37. The van der Waals surface area contributed by atoms with Gasteiger partial charge in [-0.05, 0) is 6.42 Å². The van der Waals surface area contributed by atoms with Crippen molar-refractivity contribution in [3.05, 3.63) is 11.9 Å².